The van der Waals surface area contributed by atoms with E-state index in [0.29, 0.717) is 18.7 Å². The number of aromatic nitrogens is 2. The zero-order valence-corrected chi connectivity index (χ0v) is 12.6. The van der Waals surface area contributed by atoms with Crippen molar-refractivity contribution in [3.05, 3.63) is 17.0 Å². The highest BCUT2D eigenvalue weighted by Crippen LogP contribution is 2.26. The van der Waals surface area contributed by atoms with E-state index in [9.17, 15) is 9.59 Å². The number of carbonyl (C=O) groups is 2. The number of esters is 1. The minimum absolute atomic E-state index is 0.0497. The Kier molecular flexibility index (Phi) is 3.83. The minimum atomic E-state index is -0.243. The molecule has 6 heteroatoms. The molecule has 1 aliphatic rings. The number of carbonyl (C=O) groups excluding carboxylic acids is 2. The number of likely N-dealkylation sites (tertiary alicyclic amines) is 1. The van der Waals surface area contributed by atoms with Crippen molar-refractivity contribution in [1.29, 1.82) is 0 Å². The third-order valence-electron chi connectivity index (χ3n) is 4.13. The SMILES string of the molecule is COC(=O)C1CN(C(=O)c2c(C)nn(C)c2C)CC1C. The molecule has 1 saturated heterocycles. The number of aryl methyl sites for hydroxylation is 2. The first-order valence-electron chi connectivity index (χ1n) is 6.74. The predicted octanol–water partition coefficient (Wildman–Crippen LogP) is 0.918. The first-order valence-corrected chi connectivity index (χ1v) is 6.74. The number of ether oxygens (including phenoxy) is 1. The summed E-state index contributed by atoms with van der Waals surface area (Å²) in [5, 5.41) is 4.27. The van der Waals surface area contributed by atoms with Gasteiger partial charge in [-0.05, 0) is 19.8 Å². The maximum Gasteiger partial charge on any atom is 0.310 e. The molecule has 2 atom stereocenters. The average molecular weight is 279 g/mol. The Morgan fingerprint density at radius 3 is 2.45 bits per heavy atom. The van der Waals surface area contributed by atoms with Gasteiger partial charge in [0.1, 0.15) is 0 Å². The van der Waals surface area contributed by atoms with E-state index in [2.05, 4.69) is 5.10 Å². The number of nitrogens with zero attached hydrogens (tertiary/aromatic N) is 3. The topological polar surface area (TPSA) is 64.4 Å². The lowest BCUT2D eigenvalue weighted by atomic mass is 9.99. The smallest absolute Gasteiger partial charge is 0.310 e. The molecule has 1 amide bonds. The van der Waals surface area contributed by atoms with Crippen LogP contribution in [-0.2, 0) is 16.6 Å². The fraction of sp³-hybridized carbons (Fsp3) is 0.643. The molecule has 20 heavy (non-hydrogen) atoms. The average Bonchev–Trinajstić information content (AvgIpc) is 2.90. The highest BCUT2D eigenvalue weighted by Gasteiger charge is 2.38. The van der Waals surface area contributed by atoms with Gasteiger partial charge in [-0.25, -0.2) is 0 Å². The summed E-state index contributed by atoms with van der Waals surface area (Å²) in [6, 6.07) is 0. The molecule has 0 N–H and O–H groups in total. The van der Waals surface area contributed by atoms with Gasteiger partial charge in [-0.3, -0.25) is 14.3 Å². The molecular weight excluding hydrogens is 258 g/mol. The molecule has 0 aliphatic carbocycles. The van der Waals surface area contributed by atoms with E-state index in [1.165, 1.54) is 7.11 Å². The second-order valence-electron chi connectivity index (χ2n) is 5.49. The van der Waals surface area contributed by atoms with E-state index in [1.807, 2.05) is 27.8 Å². The Labute approximate surface area is 118 Å². The second-order valence-corrected chi connectivity index (χ2v) is 5.49. The van der Waals surface area contributed by atoms with Crippen LogP contribution < -0.4 is 0 Å². The van der Waals surface area contributed by atoms with Crippen molar-refractivity contribution >= 4 is 11.9 Å². The Balaban J connectivity index is 2.21. The summed E-state index contributed by atoms with van der Waals surface area (Å²) in [5.74, 6) is -0.413. The molecule has 0 aromatic carbocycles. The first kappa shape index (κ1) is 14.6. The zero-order valence-electron chi connectivity index (χ0n) is 12.6. The van der Waals surface area contributed by atoms with Crippen molar-refractivity contribution < 1.29 is 14.3 Å². The van der Waals surface area contributed by atoms with Gasteiger partial charge in [0.2, 0.25) is 0 Å². The third-order valence-corrected chi connectivity index (χ3v) is 4.13. The van der Waals surface area contributed by atoms with E-state index in [0.717, 1.165) is 11.4 Å². The molecule has 0 radical (unpaired) electrons. The number of methoxy groups -OCH3 is 1. The van der Waals surface area contributed by atoms with Gasteiger partial charge in [0, 0.05) is 25.8 Å². The molecule has 6 nitrogen and oxygen atoms in total. The highest BCUT2D eigenvalue weighted by atomic mass is 16.5. The maximum atomic E-state index is 12.6. The molecule has 110 valence electrons. The zero-order chi connectivity index (χ0) is 15.0. The van der Waals surface area contributed by atoms with E-state index < -0.39 is 0 Å². The molecule has 0 saturated carbocycles. The largest absolute Gasteiger partial charge is 0.469 e. The molecule has 0 bridgehead atoms. The molecule has 2 unspecified atom stereocenters. The van der Waals surface area contributed by atoms with Crippen molar-refractivity contribution in [2.75, 3.05) is 20.2 Å². The van der Waals surface area contributed by atoms with Crippen LogP contribution in [0.25, 0.3) is 0 Å². The van der Waals surface area contributed by atoms with Gasteiger partial charge in [0.15, 0.2) is 0 Å². The van der Waals surface area contributed by atoms with Crippen molar-refractivity contribution in [1.82, 2.24) is 14.7 Å². The molecule has 2 heterocycles. The summed E-state index contributed by atoms with van der Waals surface area (Å²) in [6.07, 6.45) is 0. The van der Waals surface area contributed by atoms with Crippen LogP contribution in [-0.4, -0.2) is 46.8 Å². The van der Waals surface area contributed by atoms with Crippen LogP contribution >= 0.6 is 0 Å². The molecule has 1 aromatic heterocycles. The predicted molar refractivity (Wildman–Crippen MR) is 73.3 cm³/mol. The van der Waals surface area contributed by atoms with Crippen molar-refractivity contribution in [2.24, 2.45) is 18.9 Å². The Morgan fingerprint density at radius 1 is 1.30 bits per heavy atom. The van der Waals surface area contributed by atoms with Crippen molar-refractivity contribution in [2.45, 2.75) is 20.8 Å². The van der Waals surface area contributed by atoms with Crippen LogP contribution in [0.4, 0.5) is 0 Å². The lowest BCUT2D eigenvalue weighted by molar-refractivity contribution is -0.146. The summed E-state index contributed by atoms with van der Waals surface area (Å²) in [4.78, 5) is 26.0. The van der Waals surface area contributed by atoms with Gasteiger partial charge < -0.3 is 9.64 Å². The van der Waals surface area contributed by atoms with Crippen LogP contribution in [0.15, 0.2) is 0 Å². The highest BCUT2D eigenvalue weighted by molar-refractivity contribution is 5.97. The van der Waals surface area contributed by atoms with Gasteiger partial charge in [0.05, 0.1) is 24.3 Å². The fourth-order valence-corrected chi connectivity index (χ4v) is 2.83. The van der Waals surface area contributed by atoms with E-state index in [1.54, 1.807) is 9.58 Å². The lowest BCUT2D eigenvalue weighted by Crippen LogP contribution is -2.31. The number of hydrogen-bond acceptors (Lipinski definition) is 4. The van der Waals surface area contributed by atoms with Gasteiger partial charge in [-0.1, -0.05) is 6.92 Å². The lowest BCUT2D eigenvalue weighted by Gasteiger charge is -2.16. The summed E-state index contributed by atoms with van der Waals surface area (Å²) in [7, 11) is 3.21. The quantitative estimate of drug-likeness (QED) is 0.755. The second kappa shape index (κ2) is 5.26. The normalized spacial score (nSPS) is 22.1. The summed E-state index contributed by atoms with van der Waals surface area (Å²) >= 11 is 0. The van der Waals surface area contributed by atoms with Crippen LogP contribution in [0.5, 0.6) is 0 Å². The van der Waals surface area contributed by atoms with Gasteiger partial charge in [-0.15, -0.1) is 0 Å². The van der Waals surface area contributed by atoms with E-state index in [4.69, 9.17) is 4.74 Å². The minimum Gasteiger partial charge on any atom is -0.469 e. The van der Waals surface area contributed by atoms with Crippen molar-refractivity contribution in [3.63, 3.8) is 0 Å². The molecule has 1 aromatic rings. The maximum absolute atomic E-state index is 12.6. The Bertz CT molecular complexity index is 550. The summed E-state index contributed by atoms with van der Waals surface area (Å²) < 4.78 is 6.50. The van der Waals surface area contributed by atoms with Crippen LogP contribution in [0.2, 0.25) is 0 Å². The Morgan fingerprint density at radius 2 is 1.95 bits per heavy atom. The molecule has 2 rings (SSSR count). The van der Waals surface area contributed by atoms with E-state index in [-0.39, 0.29) is 23.7 Å². The Hall–Kier alpha value is -1.85. The number of amides is 1. The van der Waals surface area contributed by atoms with Gasteiger partial charge >= 0.3 is 5.97 Å². The molecule has 1 fully saturated rings. The molecule has 1 aliphatic heterocycles. The first-order chi connectivity index (χ1) is 9.36. The molecular formula is C14H21N3O3. The van der Waals surface area contributed by atoms with E-state index >= 15 is 0 Å². The molecule has 0 spiro atoms. The van der Waals surface area contributed by atoms with Crippen LogP contribution in [0.3, 0.4) is 0 Å². The number of rotatable bonds is 2. The van der Waals surface area contributed by atoms with Gasteiger partial charge in [0.25, 0.3) is 5.91 Å². The van der Waals surface area contributed by atoms with Crippen LogP contribution in [0.1, 0.15) is 28.7 Å². The monoisotopic (exact) mass is 279 g/mol. The summed E-state index contributed by atoms with van der Waals surface area (Å²) in [5.41, 5.74) is 2.22. The third kappa shape index (κ3) is 2.30. The standard InChI is InChI=1S/C14H21N3O3/c1-8-6-17(7-11(8)14(19)20-5)13(18)12-9(2)15-16(4)10(12)3/h8,11H,6-7H2,1-5H3. The van der Waals surface area contributed by atoms with Gasteiger partial charge in [-0.2, -0.15) is 5.10 Å². The summed E-state index contributed by atoms with van der Waals surface area (Å²) in [6.45, 7) is 6.67. The van der Waals surface area contributed by atoms with Crippen molar-refractivity contribution in [3.8, 4) is 0 Å². The number of hydrogen-bond donors (Lipinski definition) is 0. The fourth-order valence-electron chi connectivity index (χ4n) is 2.83. The van der Waals surface area contributed by atoms with Crippen LogP contribution in [0, 0.1) is 25.7 Å².